The number of carbonyl (C=O) groups is 1. The molecule has 2 unspecified atom stereocenters. The van der Waals surface area contributed by atoms with Crippen molar-refractivity contribution in [1.82, 2.24) is 14.7 Å². The monoisotopic (exact) mass is 344 g/mol. The molecular formula is C19H28N4O2. The zero-order chi connectivity index (χ0) is 18.2. The van der Waals surface area contributed by atoms with Crippen molar-refractivity contribution in [2.75, 3.05) is 11.9 Å². The number of nitrogens with one attached hydrogen (secondary N) is 1. The largest absolute Gasteiger partial charge is 0.391 e. The third-order valence-corrected chi connectivity index (χ3v) is 4.32. The molecule has 2 atom stereocenters. The number of hydrogen-bond acceptors (Lipinski definition) is 3. The highest BCUT2D eigenvalue weighted by Crippen LogP contribution is 2.17. The van der Waals surface area contributed by atoms with Crippen LogP contribution in [0.1, 0.15) is 45.2 Å². The Morgan fingerprint density at radius 2 is 1.96 bits per heavy atom. The summed E-state index contributed by atoms with van der Waals surface area (Å²) in [6.07, 6.45) is 2.66. The summed E-state index contributed by atoms with van der Waals surface area (Å²) >= 11 is 0. The van der Waals surface area contributed by atoms with Crippen LogP contribution in [0.4, 0.5) is 10.6 Å². The molecule has 0 fully saturated rings. The zero-order valence-electron chi connectivity index (χ0n) is 15.2. The lowest BCUT2D eigenvalue weighted by Crippen LogP contribution is -2.40. The van der Waals surface area contributed by atoms with E-state index in [4.69, 9.17) is 0 Å². The van der Waals surface area contributed by atoms with E-state index in [1.807, 2.05) is 41.9 Å². The Morgan fingerprint density at radius 1 is 1.24 bits per heavy atom. The van der Waals surface area contributed by atoms with Crippen molar-refractivity contribution in [3.63, 3.8) is 0 Å². The van der Waals surface area contributed by atoms with Crippen molar-refractivity contribution in [2.24, 2.45) is 0 Å². The third-order valence-electron chi connectivity index (χ3n) is 4.32. The standard InChI is InChI=1S/C19H28N4O2/c1-4-15(3)23-18(11-12-20-23)21-19(25)22(14-17(24)5-2)13-16-9-7-6-8-10-16/h6-12,15,17,24H,4-5,13-14H2,1-3H3,(H,21,25). The Hall–Kier alpha value is -2.34. The molecule has 0 saturated carbocycles. The Kier molecular flexibility index (Phi) is 7.01. The number of aromatic nitrogens is 2. The van der Waals surface area contributed by atoms with Crippen molar-refractivity contribution in [3.8, 4) is 0 Å². The Balaban J connectivity index is 2.13. The maximum absolute atomic E-state index is 12.8. The summed E-state index contributed by atoms with van der Waals surface area (Å²) in [7, 11) is 0. The second kappa shape index (κ2) is 9.22. The van der Waals surface area contributed by atoms with Crippen LogP contribution >= 0.6 is 0 Å². The number of rotatable bonds is 8. The Labute approximate surface area is 149 Å². The summed E-state index contributed by atoms with van der Waals surface area (Å²) in [4.78, 5) is 14.4. The lowest BCUT2D eigenvalue weighted by atomic mass is 10.2. The van der Waals surface area contributed by atoms with E-state index in [0.29, 0.717) is 18.8 Å². The molecule has 1 aromatic carbocycles. The van der Waals surface area contributed by atoms with Crippen molar-refractivity contribution in [1.29, 1.82) is 0 Å². The molecule has 0 aliphatic carbocycles. The summed E-state index contributed by atoms with van der Waals surface area (Å²) in [5.41, 5.74) is 1.02. The van der Waals surface area contributed by atoms with Gasteiger partial charge < -0.3 is 10.0 Å². The molecule has 0 saturated heterocycles. The molecule has 0 spiro atoms. The van der Waals surface area contributed by atoms with Crippen molar-refractivity contribution in [2.45, 2.75) is 52.3 Å². The van der Waals surface area contributed by atoms with Crippen LogP contribution in [0.5, 0.6) is 0 Å². The molecule has 1 aromatic heterocycles. The molecule has 136 valence electrons. The van der Waals surface area contributed by atoms with Crippen molar-refractivity contribution >= 4 is 11.8 Å². The Bertz CT molecular complexity index is 656. The summed E-state index contributed by atoms with van der Waals surface area (Å²) in [5.74, 6) is 0.670. The van der Waals surface area contributed by atoms with E-state index in [2.05, 4.69) is 24.3 Å². The first-order valence-electron chi connectivity index (χ1n) is 8.86. The maximum Gasteiger partial charge on any atom is 0.323 e. The van der Waals surface area contributed by atoms with E-state index < -0.39 is 6.10 Å². The fraction of sp³-hybridized carbons (Fsp3) is 0.474. The first-order chi connectivity index (χ1) is 12.0. The van der Waals surface area contributed by atoms with E-state index in [1.54, 1.807) is 17.2 Å². The van der Waals surface area contributed by atoms with Crippen LogP contribution < -0.4 is 5.32 Å². The van der Waals surface area contributed by atoms with E-state index in [-0.39, 0.29) is 18.6 Å². The van der Waals surface area contributed by atoms with Gasteiger partial charge in [0.25, 0.3) is 0 Å². The van der Waals surface area contributed by atoms with E-state index in [9.17, 15) is 9.90 Å². The van der Waals surface area contributed by atoms with Crippen LogP contribution in [0.2, 0.25) is 0 Å². The fourth-order valence-corrected chi connectivity index (χ4v) is 2.53. The molecule has 6 nitrogen and oxygen atoms in total. The summed E-state index contributed by atoms with van der Waals surface area (Å²) in [5, 5.41) is 17.2. The highest BCUT2D eigenvalue weighted by Gasteiger charge is 2.19. The molecule has 0 bridgehead atoms. The van der Waals surface area contributed by atoms with Gasteiger partial charge in [-0.15, -0.1) is 0 Å². The number of nitrogens with zero attached hydrogens (tertiary/aromatic N) is 3. The van der Waals surface area contributed by atoms with Gasteiger partial charge >= 0.3 is 6.03 Å². The predicted molar refractivity (Wildman–Crippen MR) is 99.4 cm³/mol. The second-order valence-corrected chi connectivity index (χ2v) is 6.28. The molecule has 2 aromatic rings. The number of hydrogen-bond donors (Lipinski definition) is 2. The minimum atomic E-state index is -0.547. The number of aliphatic hydroxyl groups is 1. The normalized spacial score (nSPS) is 13.3. The average Bonchev–Trinajstić information content (AvgIpc) is 3.09. The molecule has 0 aliphatic heterocycles. The van der Waals surface area contributed by atoms with Gasteiger partial charge in [-0.25, -0.2) is 9.48 Å². The summed E-state index contributed by atoms with van der Waals surface area (Å²) in [6, 6.07) is 11.5. The molecular weight excluding hydrogens is 316 g/mol. The van der Waals surface area contributed by atoms with Gasteiger partial charge in [0, 0.05) is 19.2 Å². The smallest absolute Gasteiger partial charge is 0.323 e. The third kappa shape index (κ3) is 5.32. The highest BCUT2D eigenvalue weighted by atomic mass is 16.3. The number of amides is 2. The summed E-state index contributed by atoms with van der Waals surface area (Å²) in [6.45, 7) is 6.78. The van der Waals surface area contributed by atoms with Gasteiger partial charge in [0.2, 0.25) is 0 Å². The molecule has 2 rings (SSSR count). The van der Waals surface area contributed by atoms with Gasteiger partial charge in [0.1, 0.15) is 5.82 Å². The van der Waals surface area contributed by atoms with Crippen LogP contribution in [0.3, 0.4) is 0 Å². The molecule has 0 aliphatic rings. The van der Waals surface area contributed by atoms with Gasteiger partial charge in [0.15, 0.2) is 0 Å². The highest BCUT2D eigenvalue weighted by molar-refractivity contribution is 5.88. The average molecular weight is 344 g/mol. The van der Waals surface area contributed by atoms with E-state index in [0.717, 1.165) is 12.0 Å². The fourth-order valence-electron chi connectivity index (χ4n) is 2.53. The van der Waals surface area contributed by atoms with E-state index in [1.165, 1.54) is 0 Å². The number of benzene rings is 1. The molecule has 2 amide bonds. The molecule has 2 N–H and O–H groups in total. The lowest BCUT2D eigenvalue weighted by molar-refractivity contribution is 0.119. The van der Waals surface area contributed by atoms with Crippen LogP contribution in [0, 0.1) is 0 Å². The maximum atomic E-state index is 12.8. The van der Waals surface area contributed by atoms with Gasteiger partial charge in [-0.1, -0.05) is 44.2 Å². The minimum Gasteiger partial charge on any atom is -0.391 e. The van der Waals surface area contributed by atoms with Gasteiger partial charge in [0.05, 0.1) is 18.3 Å². The number of anilines is 1. The van der Waals surface area contributed by atoms with E-state index >= 15 is 0 Å². The molecule has 1 heterocycles. The van der Waals surface area contributed by atoms with Crippen LogP contribution in [-0.4, -0.2) is 38.5 Å². The molecule has 25 heavy (non-hydrogen) atoms. The quantitative estimate of drug-likeness (QED) is 0.768. The zero-order valence-corrected chi connectivity index (χ0v) is 15.2. The predicted octanol–water partition coefficient (Wildman–Crippen LogP) is 3.66. The van der Waals surface area contributed by atoms with Crippen LogP contribution in [-0.2, 0) is 6.54 Å². The van der Waals surface area contributed by atoms with Gasteiger partial charge in [-0.2, -0.15) is 5.10 Å². The van der Waals surface area contributed by atoms with Crippen molar-refractivity contribution < 1.29 is 9.90 Å². The first kappa shape index (κ1) is 19.0. The second-order valence-electron chi connectivity index (χ2n) is 6.28. The topological polar surface area (TPSA) is 70.4 Å². The van der Waals surface area contributed by atoms with Gasteiger partial charge in [-0.05, 0) is 25.3 Å². The number of aliphatic hydroxyl groups excluding tert-OH is 1. The summed E-state index contributed by atoms with van der Waals surface area (Å²) < 4.78 is 1.81. The van der Waals surface area contributed by atoms with Crippen LogP contribution in [0.25, 0.3) is 0 Å². The molecule has 6 heteroatoms. The minimum absolute atomic E-state index is 0.203. The number of urea groups is 1. The lowest BCUT2D eigenvalue weighted by Gasteiger charge is -2.26. The van der Waals surface area contributed by atoms with Gasteiger partial charge in [-0.3, -0.25) is 5.32 Å². The van der Waals surface area contributed by atoms with Crippen LogP contribution in [0.15, 0.2) is 42.6 Å². The first-order valence-corrected chi connectivity index (χ1v) is 8.86. The SMILES string of the molecule is CCC(O)CN(Cc1ccccc1)C(=O)Nc1ccnn1C(C)CC. The Morgan fingerprint density at radius 3 is 2.60 bits per heavy atom. The van der Waals surface area contributed by atoms with Crippen molar-refractivity contribution in [3.05, 3.63) is 48.2 Å². The molecule has 0 radical (unpaired) electrons. The number of carbonyl (C=O) groups excluding carboxylic acids is 1.